The Hall–Kier alpha value is -1.90. The van der Waals surface area contributed by atoms with Crippen LogP contribution >= 0.6 is 0 Å². The smallest absolute Gasteiger partial charge is 0.0500 e. The molecule has 2 heterocycles. The van der Waals surface area contributed by atoms with E-state index in [2.05, 4.69) is 23.0 Å². The molecule has 0 bridgehead atoms. The molecule has 78 valence electrons. The zero-order valence-electron chi connectivity index (χ0n) is 9.01. The van der Waals surface area contributed by atoms with E-state index in [1.165, 1.54) is 5.56 Å². The third-order valence-corrected chi connectivity index (χ3v) is 1.96. The fourth-order valence-electron chi connectivity index (χ4n) is 0.941. The molecule has 0 saturated carbocycles. The minimum atomic E-state index is 0.711. The van der Waals surface area contributed by atoms with Gasteiger partial charge in [-0.25, -0.2) is 0 Å². The van der Waals surface area contributed by atoms with E-state index in [0.29, 0.717) is 5.69 Å². The highest BCUT2D eigenvalue weighted by molar-refractivity contribution is 5.32. The fraction of sp³-hybridized carbons (Fsp3) is 0.167. The van der Waals surface area contributed by atoms with Gasteiger partial charge in [-0.15, -0.1) is 0 Å². The number of aromatic nitrogens is 2. The Balaban J connectivity index is 0.000000151. The van der Waals surface area contributed by atoms with Crippen molar-refractivity contribution in [2.24, 2.45) is 0 Å². The number of hydrogen-bond acceptors (Lipinski definition) is 3. The van der Waals surface area contributed by atoms with Crippen LogP contribution in [0.5, 0.6) is 0 Å². The lowest BCUT2D eigenvalue weighted by Gasteiger charge is -1.92. The van der Waals surface area contributed by atoms with Crippen molar-refractivity contribution < 1.29 is 0 Å². The summed E-state index contributed by atoms with van der Waals surface area (Å²) in [5.74, 6) is 0. The van der Waals surface area contributed by atoms with Gasteiger partial charge >= 0.3 is 0 Å². The van der Waals surface area contributed by atoms with Crippen molar-refractivity contribution in [2.75, 3.05) is 5.73 Å². The topological polar surface area (TPSA) is 51.8 Å². The highest BCUT2D eigenvalue weighted by atomic mass is 14.7. The Bertz CT molecular complexity index is 378. The summed E-state index contributed by atoms with van der Waals surface area (Å²) in [4.78, 5) is 7.84. The second-order valence-corrected chi connectivity index (χ2v) is 3.19. The molecule has 3 nitrogen and oxygen atoms in total. The maximum atomic E-state index is 5.30. The third-order valence-electron chi connectivity index (χ3n) is 1.96. The van der Waals surface area contributed by atoms with E-state index in [1.807, 2.05) is 19.2 Å². The average molecular weight is 201 g/mol. The maximum absolute atomic E-state index is 5.30. The molecule has 2 aromatic heterocycles. The van der Waals surface area contributed by atoms with Gasteiger partial charge in [0, 0.05) is 24.3 Å². The first-order valence-electron chi connectivity index (χ1n) is 4.74. The van der Waals surface area contributed by atoms with Gasteiger partial charge in [0.25, 0.3) is 0 Å². The molecule has 2 rings (SSSR count). The average Bonchev–Trinajstić information content (AvgIpc) is 2.25. The van der Waals surface area contributed by atoms with Crippen molar-refractivity contribution in [2.45, 2.75) is 13.8 Å². The first-order chi connectivity index (χ1) is 7.20. The number of nitrogens with two attached hydrogens (primary N) is 1. The van der Waals surface area contributed by atoms with Crippen molar-refractivity contribution in [1.82, 2.24) is 9.97 Å². The SMILES string of the molecule is Cc1cccnc1C.Nc1cccnc1. The number of nitrogens with zero attached hydrogens (tertiary/aromatic N) is 2. The zero-order valence-corrected chi connectivity index (χ0v) is 9.01. The molecule has 0 aliphatic heterocycles. The number of hydrogen-bond donors (Lipinski definition) is 1. The van der Waals surface area contributed by atoms with Gasteiger partial charge in [-0.3, -0.25) is 9.97 Å². The molecular formula is C12H15N3. The van der Waals surface area contributed by atoms with Gasteiger partial charge < -0.3 is 5.73 Å². The van der Waals surface area contributed by atoms with Crippen LogP contribution in [0.1, 0.15) is 11.3 Å². The van der Waals surface area contributed by atoms with Crippen LogP contribution in [0.2, 0.25) is 0 Å². The largest absolute Gasteiger partial charge is 0.397 e. The Kier molecular flexibility index (Phi) is 4.29. The molecule has 3 heteroatoms. The van der Waals surface area contributed by atoms with E-state index in [9.17, 15) is 0 Å². The quantitative estimate of drug-likeness (QED) is 0.711. The van der Waals surface area contributed by atoms with E-state index in [0.717, 1.165) is 5.69 Å². The monoisotopic (exact) mass is 201 g/mol. The van der Waals surface area contributed by atoms with Gasteiger partial charge in [-0.1, -0.05) is 6.07 Å². The van der Waals surface area contributed by atoms with Gasteiger partial charge in [0.1, 0.15) is 0 Å². The molecular weight excluding hydrogens is 186 g/mol. The van der Waals surface area contributed by atoms with Crippen molar-refractivity contribution in [1.29, 1.82) is 0 Å². The minimum absolute atomic E-state index is 0.711. The molecule has 0 unspecified atom stereocenters. The lowest BCUT2D eigenvalue weighted by atomic mass is 10.2. The highest BCUT2D eigenvalue weighted by Crippen LogP contribution is 1.98. The maximum Gasteiger partial charge on any atom is 0.0500 e. The molecule has 2 aromatic rings. The van der Waals surface area contributed by atoms with Crippen LogP contribution in [0.15, 0.2) is 42.9 Å². The molecule has 0 saturated heterocycles. The van der Waals surface area contributed by atoms with Gasteiger partial charge in [0.15, 0.2) is 0 Å². The summed E-state index contributed by atoms with van der Waals surface area (Å²) in [5.41, 5.74) is 8.38. The summed E-state index contributed by atoms with van der Waals surface area (Å²) in [6, 6.07) is 7.60. The van der Waals surface area contributed by atoms with Crippen LogP contribution in [-0.2, 0) is 0 Å². The van der Waals surface area contributed by atoms with Gasteiger partial charge in [0.2, 0.25) is 0 Å². The van der Waals surface area contributed by atoms with Crippen LogP contribution in [0.25, 0.3) is 0 Å². The first kappa shape index (κ1) is 11.2. The second-order valence-electron chi connectivity index (χ2n) is 3.19. The summed E-state index contributed by atoms with van der Waals surface area (Å²) in [6.45, 7) is 4.07. The van der Waals surface area contributed by atoms with Crippen molar-refractivity contribution in [3.05, 3.63) is 54.1 Å². The standard InChI is InChI=1S/C7H9N.C5H6N2/c1-6-4-3-5-8-7(6)2;6-5-2-1-3-7-4-5/h3-5H,1-2H3;1-4H,6H2. The Labute approximate surface area is 90.0 Å². The van der Waals surface area contributed by atoms with E-state index in [1.54, 1.807) is 24.5 Å². The molecule has 0 radical (unpaired) electrons. The van der Waals surface area contributed by atoms with Gasteiger partial charge in [-0.2, -0.15) is 0 Å². The summed E-state index contributed by atoms with van der Waals surface area (Å²) in [6.07, 6.45) is 5.11. The fourth-order valence-corrected chi connectivity index (χ4v) is 0.941. The van der Waals surface area contributed by atoms with E-state index < -0.39 is 0 Å². The minimum Gasteiger partial charge on any atom is -0.397 e. The normalized spacial score (nSPS) is 8.93. The van der Waals surface area contributed by atoms with E-state index >= 15 is 0 Å². The molecule has 15 heavy (non-hydrogen) atoms. The predicted molar refractivity (Wildman–Crippen MR) is 62.4 cm³/mol. The van der Waals surface area contributed by atoms with E-state index in [-0.39, 0.29) is 0 Å². The van der Waals surface area contributed by atoms with E-state index in [4.69, 9.17) is 5.73 Å². The lowest BCUT2D eigenvalue weighted by molar-refractivity contribution is 1.15. The van der Waals surface area contributed by atoms with Crippen molar-refractivity contribution in [3.63, 3.8) is 0 Å². The molecule has 0 fully saturated rings. The Morgan fingerprint density at radius 3 is 2.13 bits per heavy atom. The predicted octanol–water partition coefficient (Wildman–Crippen LogP) is 2.36. The molecule has 0 spiro atoms. The first-order valence-corrected chi connectivity index (χ1v) is 4.74. The lowest BCUT2D eigenvalue weighted by Crippen LogP contribution is -1.82. The summed E-state index contributed by atoms with van der Waals surface area (Å²) >= 11 is 0. The van der Waals surface area contributed by atoms with Crippen LogP contribution in [0, 0.1) is 13.8 Å². The highest BCUT2D eigenvalue weighted by Gasteiger charge is 1.85. The summed E-state index contributed by atoms with van der Waals surface area (Å²) < 4.78 is 0. The molecule has 0 aliphatic rings. The number of nitrogen functional groups attached to an aromatic ring is 1. The number of anilines is 1. The Morgan fingerprint density at radius 1 is 1.07 bits per heavy atom. The Morgan fingerprint density at radius 2 is 1.80 bits per heavy atom. The number of rotatable bonds is 0. The van der Waals surface area contributed by atoms with Crippen LogP contribution in [-0.4, -0.2) is 9.97 Å². The van der Waals surface area contributed by atoms with Crippen molar-refractivity contribution >= 4 is 5.69 Å². The molecule has 0 amide bonds. The molecule has 2 N–H and O–H groups in total. The third kappa shape index (κ3) is 4.22. The summed E-state index contributed by atoms with van der Waals surface area (Å²) in [5, 5.41) is 0. The molecule has 0 aromatic carbocycles. The molecule has 0 atom stereocenters. The number of pyridine rings is 2. The molecule has 0 aliphatic carbocycles. The van der Waals surface area contributed by atoms with Gasteiger partial charge in [-0.05, 0) is 37.6 Å². The zero-order chi connectivity index (χ0) is 11.1. The van der Waals surface area contributed by atoms with Crippen molar-refractivity contribution in [3.8, 4) is 0 Å². The number of aryl methyl sites for hydroxylation is 2. The summed E-state index contributed by atoms with van der Waals surface area (Å²) in [7, 11) is 0. The van der Waals surface area contributed by atoms with Crippen LogP contribution in [0.4, 0.5) is 5.69 Å². The van der Waals surface area contributed by atoms with Crippen LogP contribution < -0.4 is 5.73 Å². The second kappa shape index (κ2) is 5.75. The van der Waals surface area contributed by atoms with Gasteiger partial charge in [0.05, 0.1) is 5.69 Å². The van der Waals surface area contributed by atoms with Crippen LogP contribution in [0.3, 0.4) is 0 Å².